The van der Waals surface area contributed by atoms with Crippen LogP contribution >= 0.6 is 0 Å². The lowest BCUT2D eigenvalue weighted by molar-refractivity contribution is -0.00000540. The van der Waals surface area contributed by atoms with Crippen molar-refractivity contribution in [3.63, 3.8) is 0 Å². The van der Waals surface area contributed by atoms with Crippen LogP contribution < -0.4 is 39.1 Å². The number of hydrogen-bond acceptors (Lipinski definition) is 3. The summed E-state index contributed by atoms with van der Waals surface area (Å²) in [6.07, 6.45) is 0. The van der Waals surface area contributed by atoms with E-state index in [0.717, 1.165) is 0 Å². The maximum atomic E-state index is 5.48. The van der Waals surface area contributed by atoms with Gasteiger partial charge in [-0.2, -0.15) is 4.99 Å². The summed E-state index contributed by atoms with van der Waals surface area (Å²) in [5, 5.41) is 0. The molecule has 0 saturated heterocycles. The van der Waals surface area contributed by atoms with Crippen LogP contribution in [0, 0.1) is 0 Å². The fraction of sp³-hybridized carbons (Fsp3) is 0.111. The van der Waals surface area contributed by atoms with Crippen LogP contribution in [-0.2, 0) is 0 Å². The van der Waals surface area contributed by atoms with E-state index >= 15 is 0 Å². The van der Waals surface area contributed by atoms with Gasteiger partial charge in [0, 0.05) is 6.07 Å². The van der Waals surface area contributed by atoms with Crippen molar-refractivity contribution >= 4 is 17.6 Å². The Kier molecular flexibility index (Phi) is 4.00. The van der Waals surface area contributed by atoms with E-state index in [2.05, 4.69) is 9.98 Å². The third kappa shape index (κ3) is 3.15. The van der Waals surface area contributed by atoms with E-state index in [4.69, 9.17) is 26.7 Å². The predicted octanol–water partition coefficient (Wildman–Crippen LogP) is -3.36. The van der Waals surface area contributed by atoms with Gasteiger partial charge in [0.25, 0.3) is 0 Å². The largest absolute Gasteiger partial charge is 1.00 e. The van der Waals surface area contributed by atoms with Gasteiger partial charge in [0.05, 0.1) is 5.69 Å². The van der Waals surface area contributed by atoms with E-state index in [9.17, 15) is 0 Å². The fourth-order valence-corrected chi connectivity index (χ4v) is 1.24. The molecule has 0 radical (unpaired) electrons. The van der Waals surface area contributed by atoms with Crippen molar-refractivity contribution in [3.05, 3.63) is 18.2 Å². The number of benzene rings is 1. The number of aliphatic imine (C=N–C) groups is 2. The van der Waals surface area contributed by atoms with Crippen LogP contribution in [0.15, 0.2) is 28.2 Å². The first kappa shape index (κ1) is 12.9. The lowest BCUT2D eigenvalue weighted by atomic mass is 10.3. The van der Waals surface area contributed by atoms with E-state index < -0.39 is 0 Å². The number of guanidine groups is 2. The molecule has 17 heavy (non-hydrogen) atoms. The van der Waals surface area contributed by atoms with Gasteiger partial charge in [-0.15, -0.1) is 0 Å². The fourth-order valence-electron chi connectivity index (χ4n) is 1.24. The molecule has 2 rings (SSSR count). The van der Waals surface area contributed by atoms with Crippen LogP contribution in [0.5, 0.6) is 11.5 Å². The average Bonchev–Trinajstić information content (AvgIpc) is 2.63. The van der Waals surface area contributed by atoms with Crippen LogP contribution in [0.3, 0.4) is 0 Å². The van der Waals surface area contributed by atoms with Gasteiger partial charge in [0.15, 0.2) is 17.5 Å². The summed E-state index contributed by atoms with van der Waals surface area (Å²) in [5.41, 5.74) is 16.4. The molecule has 92 valence electrons. The number of nitrogens with zero attached hydrogens (tertiary/aromatic N) is 2. The molecule has 0 fully saturated rings. The number of ether oxygens (including phenoxy) is 2. The number of hydrogen-bond donors (Lipinski definition) is 3. The lowest BCUT2D eigenvalue weighted by Gasteiger charge is -1.98. The highest BCUT2D eigenvalue weighted by molar-refractivity contribution is 5.93. The molecule has 0 saturated carbocycles. The molecular weight excluding hydrogens is 246 g/mol. The molecule has 0 amide bonds. The van der Waals surface area contributed by atoms with Crippen LogP contribution in [0.2, 0.25) is 0 Å². The molecule has 7 nitrogen and oxygen atoms in total. The molecule has 0 aliphatic carbocycles. The van der Waals surface area contributed by atoms with Gasteiger partial charge in [-0.1, -0.05) is 0 Å². The van der Waals surface area contributed by atoms with Gasteiger partial charge in [-0.3, -0.25) is 0 Å². The van der Waals surface area contributed by atoms with Crippen molar-refractivity contribution in [2.75, 3.05) is 6.79 Å². The summed E-state index contributed by atoms with van der Waals surface area (Å²) >= 11 is 0. The second kappa shape index (κ2) is 5.26. The standard InChI is InChI=1S/C9H11N5O2.ClH/c10-8(11)14-9(12)13-5-1-2-6-7(3-5)16-4-15-6;/h1-3H,4H2,(H6,10,11,12,13,14);1H/p-1. The zero-order valence-corrected chi connectivity index (χ0v) is 9.52. The molecule has 0 aromatic heterocycles. The molecular formula is C9H11ClN5O2-. The number of nitrogens with two attached hydrogens (primary N) is 3. The van der Waals surface area contributed by atoms with E-state index in [-0.39, 0.29) is 31.1 Å². The number of halogens is 1. The minimum absolute atomic E-state index is 0. The molecule has 1 aliphatic heterocycles. The van der Waals surface area contributed by atoms with Crippen molar-refractivity contribution in [1.29, 1.82) is 0 Å². The maximum absolute atomic E-state index is 5.48. The Bertz CT molecular complexity index is 470. The Morgan fingerprint density at radius 1 is 1.12 bits per heavy atom. The molecule has 1 aliphatic rings. The van der Waals surface area contributed by atoms with E-state index in [1.54, 1.807) is 18.2 Å². The van der Waals surface area contributed by atoms with Gasteiger partial charge in [0.1, 0.15) is 0 Å². The average molecular weight is 257 g/mol. The second-order valence-electron chi connectivity index (χ2n) is 3.04. The third-order valence-electron chi connectivity index (χ3n) is 1.84. The quantitative estimate of drug-likeness (QED) is 0.358. The molecule has 0 bridgehead atoms. The van der Waals surface area contributed by atoms with Crippen LogP contribution in [0.25, 0.3) is 0 Å². The highest BCUT2D eigenvalue weighted by Crippen LogP contribution is 2.35. The predicted molar refractivity (Wildman–Crippen MR) is 59.7 cm³/mol. The van der Waals surface area contributed by atoms with Crippen molar-refractivity contribution in [3.8, 4) is 11.5 Å². The van der Waals surface area contributed by atoms with Gasteiger partial charge >= 0.3 is 0 Å². The Labute approximate surface area is 104 Å². The van der Waals surface area contributed by atoms with Crippen LogP contribution in [0.1, 0.15) is 0 Å². The van der Waals surface area contributed by atoms with Crippen molar-refractivity contribution in [1.82, 2.24) is 0 Å². The summed E-state index contributed by atoms with van der Waals surface area (Å²) in [4.78, 5) is 7.58. The minimum atomic E-state index is -0.137. The number of rotatable bonds is 1. The molecule has 0 atom stereocenters. The lowest BCUT2D eigenvalue weighted by Crippen LogP contribution is -3.00. The zero-order chi connectivity index (χ0) is 11.5. The first-order valence-corrected chi connectivity index (χ1v) is 4.48. The van der Waals surface area contributed by atoms with Crippen molar-refractivity contribution < 1.29 is 21.9 Å². The topological polar surface area (TPSA) is 121 Å². The van der Waals surface area contributed by atoms with E-state index in [1.165, 1.54) is 0 Å². The Hall–Kier alpha value is -2.15. The third-order valence-corrected chi connectivity index (χ3v) is 1.84. The summed E-state index contributed by atoms with van der Waals surface area (Å²) in [6.45, 7) is 0.214. The van der Waals surface area contributed by atoms with Crippen molar-refractivity contribution in [2.45, 2.75) is 0 Å². The molecule has 0 unspecified atom stereocenters. The summed E-state index contributed by atoms with van der Waals surface area (Å²) in [6, 6.07) is 5.16. The Balaban J connectivity index is 0.00000144. The summed E-state index contributed by atoms with van der Waals surface area (Å²) < 4.78 is 10.3. The van der Waals surface area contributed by atoms with Gasteiger partial charge < -0.3 is 39.1 Å². The van der Waals surface area contributed by atoms with Gasteiger partial charge in [-0.25, -0.2) is 4.99 Å². The smallest absolute Gasteiger partial charge is 0.231 e. The molecule has 1 aromatic carbocycles. The molecule has 8 heteroatoms. The number of fused-ring (bicyclic) bond motifs is 1. The molecule has 6 N–H and O–H groups in total. The van der Waals surface area contributed by atoms with Gasteiger partial charge in [-0.05, 0) is 12.1 Å². The Morgan fingerprint density at radius 2 is 1.82 bits per heavy atom. The minimum Gasteiger partial charge on any atom is -1.00 e. The first-order chi connectivity index (χ1) is 7.65. The van der Waals surface area contributed by atoms with Crippen LogP contribution in [0.4, 0.5) is 5.69 Å². The Morgan fingerprint density at radius 3 is 2.53 bits per heavy atom. The van der Waals surface area contributed by atoms with Crippen LogP contribution in [-0.4, -0.2) is 18.7 Å². The molecule has 0 spiro atoms. The summed E-state index contributed by atoms with van der Waals surface area (Å²) in [5.74, 6) is 1.15. The van der Waals surface area contributed by atoms with E-state index in [0.29, 0.717) is 17.2 Å². The SMILES string of the molecule is NC(N)=NC(N)=Nc1ccc2c(c1)OCO2.[Cl-]. The molecule has 1 aromatic rings. The highest BCUT2D eigenvalue weighted by atomic mass is 35.5. The first-order valence-electron chi connectivity index (χ1n) is 4.48. The summed E-state index contributed by atoms with van der Waals surface area (Å²) in [7, 11) is 0. The van der Waals surface area contributed by atoms with Crippen molar-refractivity contribution in [2.24, 2.45) is 27.2 Å². The normalized spacial score (nSPS) is 12.8. The van der Waals surface area contributed by atoms with Gasteiger partial charge in [0.2, 0.25) is 12.8 Å². The molecule has 1 heterocycles. The highest BCUT2D eigenvalue weighted by Gasteiger charge is 2.12. The maximum Gasteiger partial charge on any atom is 0.231 e. The van der Waals surface area contributed by atoms with E-state index in [1.807, 2.05) is 0 Å². The zero-order valence-electron chi connectivity index (χ0n) is 8.76. The second-order valence-corrected chi connectivity index (χ2v) is 3.04. The monoisotopic (exact) mass is 256 g/mol.